The highest BCUT2D eigenvalue weighted by atomic mass is 28.4. The summed E-state index contributed by atoms with van der Waals surface area (Å²) in [4.78, 5) is 0. The molecule has 0 aliphatic heterocycles. The summed E-state index contributed by atoms with van der Waals surface area (Å²) in [7, 11) is -1.43. The van der Waals surface area contributed by atoms with Crippen molar-refractivity contribution in [1.82, 2.24) is 0 Å². The Balaban J connectivity index is 3.85. The molecule has 3 heteroatoms. The van der Waals surface area contributed by atoms with E-state index in [1.165, 1.54) is 0 Å². The molecule has 0 radical (unpaired) electrons. The summed E-state index contributed by atoms with van der Waals surface area (Å²) in [5.41, 5.74) is 1.10. The van der Waals surface area contributed by atoms with Crippen LogP contribution in [0, 0.1) is 0 Å². The van der Waals surface area contributed by atoms with Crippen LogP contribution in [0.25, 0.3) is 0 Å². The van der Waals surface area contributed by atoms with Crippen LogP contribution < -0.4 is 0 Å². The minimum atomic E-state index is -1.43. The Morgan fingerprint density at radius 3 is 2.33 bits per heavy atom. The van der Waals surface area contributed by atoms with Gasteiger partial charge in [-0.05, 0) is 45.5 Å². The van der Waals surface area contributed by atoms with E-state index in [2.05, 4.69) is 19.6 Å². The zero-order valence-electron chi connectivity index (χ0n) is 8.72. The fourth-order valence-corrected chi connectivity index (χ4v) is 1.35. The van der Waals surface area contributed by atoms with Crippen molar-refractivity contribution >= 4 is 8.32 Å². The van der Waals surface area contributed by atoms with E-state index in [0.29, 0.717) is 6.42 Å². The Morgan fingerprint density at radius 2 is 2.00 bits per heavy atom. The van der Waals surface area contributed by atoms with E-state index in [1.54, 1.807) is 13.2 Å². The molecule has 1 atom stereocenters. The predicted molar refractivity (Wildman–Crippen MR) is 54.5 cm³/mol. The first kappa shape index (κ1) is 11.7. The van der Waals surface area contributed by atoms with Crippen LogP contribution in [-0.4, -0.2) is 19.5 Å². The van der Waals surface area contributed by atoms with Gasteiger partial charge in [-0.1, -0.05) is 0 Å². The van der Waals surface area contributed by atoms with Gasteiger partial charge < -0.3 is 9.53 Å². The summed E-state index contributed by atoms with van der Waals surface area (Å²) >= 11 is 0. The summed E-state index contributed by atoms with van der Waals surface area (Å²) in [5.74, 6) is 0. The van der Waals surface area contributed by atoms with Crippen LogP contribution in [0.15, 0.2) is 11.8 Å². The molecular weight excluding hydrogens is 168 g/mol. The van der Waals surface area contributed by atoms with Crippen molar-refractivity contribution in [2.24, 2.45) is 0 Å². The smallest absolute Gasteiger partial charge is 0.241 e. The standard InChI is InChI=1S/C9H20O2Si/c1-8(6-9(2)10)7-11-12(3,4)5/h7,9-10H,6H2,1-5H3. The summed E-state index contributed by atoms with van der Waals surface area (Å²) in [6, 6.07) is 0. The Bertz CT molecular complexity index is 156. The van der Waals surface area contributed by atoms with Gasteiger partial charge in [-0.15, -0.1) is 0 Å². The highest BCUT2D eigenvalue weighted by molar-refractivity contribution is 6.69. The lowest BCUT2D eigenvalue weighted by Gasteiger charge is -2.16. The molecule has 0 fully saturated rings. The first-order chi connectivity index (χ1) is 5.31. The van der Waals surface area contributed by atoms with Crippen molar-refractivity contribution in [2.75, 3.05) is 0 Å². The second-order valence-corrected chi connectivity index (χ2v) is 8.71. The number of aliphatic hydroxyl groups excluding tert-OH is 1. The number of rotatable bonds is 4. The van der Waals surface area contributed by atoms with Crippen molar-refractivity contribution in [3.05, 3.63) is 11.8 Å². The lowest BCUT2D eigenvalue weighted by atomic mass is 10.2. The van der Waals surface area contributed by atoms with Crippen LogP contribution in [-0.2, 0) is 4.43 Å². The molecule has 0 aliphatic rings. The third-order valence-corrected chi connectivity index (χ3v) is 2.06. The summed E-state index contributed by atoms with van der Waals surface area (Å²) in [6.45, 7) is 10.2. The van der Waals surface area contributed by atoms with Crippen molar-refractivity contribution in [2.45, 2.75) is 46.0 Å². The molecule has 1 N–H and O–H groups in total. The molecule has 0 heterocycles. The van der Waals surface area contributed by atoms with Crippen LogP contribution in [0.1, 0.15) is 20.3 Å². The second-order valence-electron chi connectivity index (χ2n) is 4.25. The molecule has 0 aromatic rings. The van der Waals surface area contributed by atoms with Gasteiger partial charge >= 0.3 is 0 Å². The van der Waals surface area contributed by atoms with Crippen molar-refractivity contribution in [1.29, 1.82) is 0 Å². The molecule has 0 aromatic heterocycles. The van der Waals surface area contributed by atoms with Crippen LogP contribution in [0.3, 0.4) is 0 Å². The quantitative estimate of drug-likeness (QED) is 0.542. The highest BCUT2D eigenvalue weighted by Gasteiger charge is 2.13. The van der Waals surface area contributed by atoms with Gasteiger partial charge in [-0.25, -0.2) is 0 Å². The lowest BCUT2D eigenvalue weighted by Crippen LogP contribution is -2.22. The molecule has 0 rings (SSSR count). The fourth-order valence-electron chi connectivity index (χ4n) is 0.791. The average molecular weight is 188 g/mol. The second kappa shape index (κ2) is 4.67. The lowest BCUT2D eigenvalue weighted by molar-refractivity contribution is 0.194. The molecule has 0 saturated heterocycles. The normalized spacial score (nSPS) is 16.0. The zero-order chi connectivity index (χ0) is 9.78. The maximum absolute atomic E-state index is 9.07. The molecule has 0 spiro atoms. The topological polar surface area (TPSA) is 29.5 Å². The molecule has 0 aromatic carbocycles. The van der Waals surface area contributed by atoms with Gasteiger partial charge in [0.2, 0.25) is 8.32 Å². The van der Waals surface area contributed by atoms with Crippen molar-refractivity contribution < 1.29 is 9.53 Å². The molecule has 72 valence electrons. The third kappa shape index (κ3) is 7.82. The van der Waals surface area contributed by atoms with E-state index < -0.39 is 8.32 Å². The Labute approximate surface area is 76.4 Å². The van der Waals surface area contributed by atoms with Crippen LogP contribution >= 0.6 is 0 Å². The Kier molecular flexibility index (Phi) is 4.56. The maximum atomic E-state index is 9.07. The summed E-state index contributed by atoms with van der Waals surface area (Å²) in [6.07, 6.45) is 2.22. The number of hydrogen-bond acceptors (Lipinski definition) is 2. The van der Waals surface area contributed by atoms with Gasteiger partial charge in [0.15, 0.2) is 0 Å². The van der Waals surface area contributed by atoms with E-state index in [9.17, 15) is 0 Å². The van der Waals surface area contributed by atoms with Crippen LogP contribution in [0.4, 0.5) is 0 Å². The summed E-state index contributed by atoms with van der Waals surface area (Å²) in [5, 5.41) is 9.07. The average Bonchev–Trinajstić information content (AvgIpc) is 1.80. The third-order valence-electron chi connectivity index (χ3n) is 1.23. The molecular formula is C9H20O2Si. The van der Waals surface area contributed by atoms with Crippen LogP contribution in [0.5, 0.6) is 0 Å². The van der Waals surface area contributed by atoms with Crippen molar-refractivity contribution in [3.8, 4) is 0 Å². The van der Waals surface area contributed by atoms with E-state index in [0.717, 1.165) is 5.57 Å². The van der Waals surface area contributed by atoms with Crippen molar-refractivity contribution in [3.63, 3.8) is 0 Å². The first-order valence-corrected chi connectivity index (χ1v) is 7.73. The SMILES string of the molecule is CC(=CO[Si](C)(C)C)CC(C)O. The Hall–Kier alpha value is -0.283. The van der Waals surface area contributed by atoms with Gasteiger partial charge in [0.25, 0.3) is 0 Å². The molecule has 1 unspecified atom stereocenters. The molecule has 0 saturated carbocycles. The van der Waals surface area contributed by atoms with Gasteiger partial charge in [-0.3, -0.25) is 0 Å². The van der Waals surface area contributed by atoms with E-state index in [-0.39, 0.29) is 6.10 Å². The minimum absolute atomic E-state index is 0.272. The predicted octanol–water partition coefficient (Wildman–Crippen LogP) is 2.51. The molecule has 12 heavy (non-hydrogen) atoms. The molecule has 0 bridgehead atoms. The monoisotopic (exact) mass is 188 g/mol. The zero-order valence-corrected chi connectivity index (χ0v) is 9.72. The van der Waals surface area contributed by atoms with Gasteiger partial charge in [0.1, 0.15) is 0 Å². The summed E-state index contributed by atoms with van der Waals surface area (Å²) < 4.78 is 5.56. The molecule has 2 nitrogen and oxygen atoms in total. The van der Waals surface area contributed by atoms with Gasteiger partial charge in [0, 0.05) is 0 Å². The van der Waals surface area contributed by atoms with E-state index in [1.807, 2.05) is 6.92 Å². The molecule has 0 amide bonds. The van der Waals surface area contributed by atoms with E-state index >= 15 is 0 Å². The fraction of sp³-hybridized carbons (Fsp3) is 0.778. The number of aliphatic hydroxyl groups is 1. The highest BCUT2D eigenvalue weighted by Crippen LogP contribution is 2.08. The van der Waals surface area contributed by atoms with Crippen LogP contribution in [0.2, 0.25) is 19.6 Å². The van der Waals surface area contributed by atoms with Gasteiger partial charge in [0.05, 0.1) is 12.4 Å². The molecule has 0 aliphatic carbocycles. The van der Waals surface area contributed by atoms with E-state index in [4.69, 9.17) is 9.53 Å². The number of hydrogen-bond donors (Lipinski definition) is 1. The minimum Gasteiger partial charge on any atom is -0.550 e. The first-order valence-electron chi connectivity index (χ1n) is 4.33. The Morgan fingerprint density at radius 1 is 1.50 bits per heavy atom. The largest absolute Gasteiger partial charge is 0.550 e. The van der Waals surface area contributed by atoms with Gasteiger partial charge in [-0.2, -0.15) is 0 Å². The maximum Gasteiger partial charge on any atom is 0.241 e.